The fourth-order valence-corrected chi connectivity index (χ4v) is 3.22. The zero-order valence-electron chi connectivity index (χ0n) is 14.9. The summed E-state index contributed by atoms with van der Waals surface area (Å²) in [5, 5.41) is 13.1. The molecule has 1 N–H and O–H groups in total. The lowest BCUT2D eigenvalue weighted by Crippen LogP contribution is -2.46. The Kier molecular flexibility index (Phi) is 5.22. The zero-order chi connectivity index (χ0) is 19.7. The fraction of sp³-hybridized carbons (Fsp3) is 0.389. The number of ether oxygens (including phenoxy) is 1. The quantitative estimate of drug-likeness (QED) is 0.879. The summed E-state index contributed by atoms with van der Waals surface area (Å²) in [4.78, 5) is 25.4. The maximum atomic E-state index is 14.1. The van der Waals surface area contributed by atoms with Gasteiger partial charge in [0.2, 0.25) is 0 Å². The largest absolute Gasteiger partial charge is 0.481 e. The van der Waals surface area contributed by atoms with E-state index in [4.69, 9.17) is 9.84 Å². The van der Waals surface area contributed by atoms with Crippen LogP contribution < -0.4 is 0 Å². The van der Waals surface area contributed by atoms with E-state index in [1.54, 1.807) is 13.8 Å². The highest BCUT2D eigenvalue weighted by Crippen LogP contribution is 2.23. The van der Waals surface area contributed by atoms with Crippen LogP contribution in [0.5, 0.6) is 0 Å². The van der Waals surface area contributed by atoms with Crippen LogP contribution in [-0.4, -0.2) is 57.5 Å². The van der Waals surface area contributed by atoms with Crippen LogP contribution in [0, 0.1) is 25.5 Å². The van der Waals surface area contributed by atoms with Gasteiger partial charge in [0.25, 0.3) is 5.91 Å². The molecular weight excluding hydrogens is 360 g/mol. The molecule has 144 valence electrons. The second kappa shape index (κ2) is 7.43. The van der Waals surface area contributed by atoms with Gasteiger partial charge in [-0.25, -0.2) is 13.5 Å². The molecule has 7 nitrogen and oxygen atoms in total. The van der Waals surface area contributed by atoms with E-state index in [1.807, 2.05) is 0 Å². The number of benzene rings is 1. The minimum absolute atomic E-state index is 0.0433. The average molecular weight is 379 g/mol. The molecule has 2 heterocycles. The number of halogens is 2. The highest BCUT2D eigenvalue weighted by atomic mass is 19.1. The lowest BCUT2D eigenvalue weighted by molar-refractivity contribution is -0.141. The molecule has 0 spiro atoms. The normalized spacial score (nSPS) is 17.2. The van der Waals surface area contributed by atoms with Gasteiger partial charge >= 0.3 is 5.97 Å². The van der Waals surface area contributed by atoms with E-state index in [0.29, 0.717) is 23.5 Å². The standard InChI is InChI=1S/C18H19F2N3O4/c1-10-17(18(26)22-5-6-27-13(9-22)8-16(24)25)11(2)23(21-10)15-4-3-12(19)7-14(15)20/h3-4,7,13H,5-6,8-9H2,1-2H3,(H,24,25)/t13-/m1/s1. The Bertz CT molecular complexity index is 897. The SMILES string of the molecule is Cc1nn(-c2ccc(F)cc2F)c(C)c1C(=O)N1CCO[C@H](CC(=O)O)C1. The maximum Gasteiger partial charge on any atom is 0.306 e. The van der Waals surface area contributed by atoms with Gasteiger partial charge in [0, 0.05) is 19.2 Å². The molecule has 1 fully saturated rings. The van der Waals surface area contributed by atoms with Crippen molar-refractivity contribution in [2.75, 3.05) is 19.7 Å². The zero-order valence-corrected chi connectivity index (χ0v) is 14.9. The number of carbonyl (C=O) groups excluding carboxylic acids is 1. The van der Waals surface area contributed by atoms with Crippen LogP contribution in [0.1, 0.15) is 28.2 Å². The predicted molar refractivity (Wildman–Crippen MR) is 90.9 cm³/mol. The number of amides is 1. The first-order valence-electron chi connectivity index (χ1n) is 8.42. The van der Waals surface area contributed by atoms with Gasteiger partial charge in [-0.15, -0.1) is 0 Å². The van der Waals surface area contributed by atoms with Gasteiger partial charge in [-0.05, 0) is 26.0 Å². The van der Waals surface area contributed by atoms with Crippen molar-refractivity contribution in [2.24, 2.45) is 0 Å². The van der Waals surface area contributed by atoms with Crippen molar-refractivity contribution >= 4 is 11.9 Å². The third-order valence-corrected chi connectivity index (χ3v) is 4.47. The minimum atomic E-state index is -0.999. The second-order valence-electron chi connectivity index (χ2n) is 6.40. The molecule has 1 aliphatic heterocycles. The molecule has 9 heteroatoms. The molecule has 0 aliphatic carbocycles. The predicted octanol–water partition coefficient (Wildman–Crippen LogP) is 2.08. The number of aliphatic carboxylic acids is 1. The van der Waals surface area contributed by atoms with Crippen LogP contribution in [0.25, 0.3) is 5.69 Å². The number of carboxylic acids is 1. The summed E-state index contributed by atoms with van der Waals surface area (Å²) in [5.41, 5.74) is 1.18. The van der Waals surface area contributed by atoms with E-state index in [0.717, 1.165) is 12.1 Å². The molecule has 1 saturated heterocycles. The molecule has 0 unspecified atom stereocenters. The Morgan fingerprint density at radius 1 is 1.33 bits per heavy atom. The van der Waals surface area contributed by atoms with E-state index in [1.165, 1.54) is 15.6 Å². The summed E-state index contributed by atoms with van der Waals surface area (Å²) in [6.07, 6.45) is -0.771. The topological polar surface area (TPSA) is 84.7 Å². The average Bonchev–Trinajstić information content (AvgIpc) is 2.88. The summed E-state index contributed by atoms with van der Waals surface area (Å²) in [6.45, 7) is 3.98. The van der Waals surface area contributed by atoms with Crippen molar-refractivity contribution in [3.8, 4) is 5.69 Å². The monoisotopic (exact) mass is 379 g/mol. The van der Waals surface area contributed by atoms with Gasteiger partial charge in [-0.3, -0.25) is 9.59 Å². The van der Waals surface area contributed by atoms with Crippen molar-refractivity contribution in [1.82, 2.24) is 14.7 Å². The van der Waals surface area contributed by atoms with Crippen LogP contribution >= 0.6 is 0 Å². The van der Waals surface area contributed by atoms with Crippen molar-refractivity contribution in [3.63, 3.8) is 0 Å². The summed E-state index contributed by atoms with van der Waals surface area (Å²) >= 11 is 0. The van der Waals surface area contributed by atoms with E-state index in [-0.39, 0.29) is 31.2 Å². The van der Waals surface area contributed by atoms with Crippen LogP contribution in [0.15, 0.2) is 18.2 Å². The van der Waals surface area contributed by atoms with Crippen molar-refractivity contribution in [3.05, 3.63) is 46.8 Å². The van der Waals surface area contributed by atoms with Gasteiger partial charge < -0.3 is 14.7 Å². The van der Waals surface area contributed by atoms with Gasteiger partial charge in [-0.2, -0.15) is 5.10 Å². The number of carbonyl (C=O) groups is 2. The number of hydrogen-bond acceptors (Lipinski definition) is 4. The van der Waals surface area contributed by atoms with Crippen LogP contribution in [0.3, 0.4) is 0 Å². The lowest BCUT2D eigenvalue weighted by Gasteiger charge is -2.32. The smallest absolute Gasteiger partial charge is 0.306 e. The van der Waals surface area contributed by atoms with E-state index >= 15 is 0 Å². The summed E-state index contributed by atoms with van der Waals surface area (Å²) in [7, 11) is 0. The highest BCUT2D eigenvalue weighted by molar-refractivity contribution is 5.96. The van der Waals surface area contributed by atoms with Gasteiger partial charge in [-0.1, -0.05) is 0 Å². The van der Waals surface area contributed by atoms with E-state index < -0.39 is 23.7 Å². The van der Waals surface area contributed by atoms with Gasteiger partial charge in [0.15, 0.2) is 5.82 Å². The Balaban J connectivity index is 1.90. The number of hydrogen-bond donors (Lipinski definition) is 1. The summed E-state index contributed by atoms with van der Waals surface area (Å²) in [5.74, 6) is -2.81. The van der Waals surface area contributed by atoms with Crippen LogP contribution in [0.2, 0.25) is 0 Å². The first-order valence-corrected chi connectivity index (χ1v) is 8.42. The number of aryl methyl sites for hydroxylation is 1. The van der Waals surface area contributed by atoms with Crippen LogP contribution in [-0.2, 0) is 9.53 Å². The number of carboxylic acid groups (broad SMARTS) is 1. The Morgan fingerprint density at radius 3 is 2.74 bits per heavy atom. The van der Waals surface area contributed by atoms with Crippen molar-refractivity contribution in [2.45, 2.75) is 26.4 Å². The number of nitrogens with zero attached hydrogens (tertiary/aromatic N) is 3. The van der Waals surface area contributed by atoms with Gasteiger partial charge in [0.1, 0.15) is 11.5 Å². The Morgan fingerprint density at radius 2 is 2.07 bits per heavy atom. The Labute approximate surface area is 154 Å². The molecule has 1 aliphatic rings. The fourth-order valence-electron chi connectivity index (χ4n) is 3.22. The highest BCUT2D eigenvalue weighted by Gasteiger charge is 2.30. The second-order valence-corrected chi connectivity index (χ2v) is 6.40. The molecule has 0 radical (unpaired) electrons. The molecule has 2 aromatic rings. The summed E-state index contributed by atoms with van der Waals surface area (Å²) < 4.78 is 33.9. The molecular formula is C18H19F2N3O4. The third kappa shape index (κ3) is 3.82. The molecule has 3 rings (SSSR count). The first kappa shape index (κ1) is 19.0. The molecule has 0 bridgehead atoms. The van der Waals surface area contributed by atoms with E-state index in [2.05, 4.69) is 5.10 Å². The molecule has 27 heavy (non-hydrogen) atoms. The minimum Gasteiger partial charge on any atom is -0.481 e. The lowest BCUT2D eigenvalue weighted by atomic mass is 10.1. The van der Waals surface area contributed by atoms with E-state index in [9.17, 15) is 18.4 Å². The third-order valence-electron chi connectivity index (χ3n) is 4.47. The number of rotatable bonds is 4. The van der Waals surface area contributed by atoms with Crippen molar-refractivity contribution in [1.29, 1.82) is 0 Å². The first-order chi connectivity index (χ1) is 12.8. The number of aromatic nitrogens is 2. The number of morpholine rings is 1. The van der Waals surface area contributed by atoms with Gasteiger partial charge in [0.05, 0.1) is 36.1 Å². The Hall–Kier alpha value is -2.81. The van der Waals surface area contributed by atoms with Crippen molar-refractivity contribution < 1.29 is 28.2 Å². The molecule has 1 amide bonds. The molecule has 0 saturated carbocycles. The van der Waals surface area contributed by atoms with Crippen LogP contribution in [0.4, 0.5) is 8.78 Å². The summed E-state index contributed by atoms with van der Waals surface area (Å²) in [6, 6.07) is 3.14. The molecule has 1 aromatic carbocycles. The molecule has 1 aromatic heterocycles. The maximum absolute atomic E-state index is 14.1. The molecule has 1 atom stereocenters.